The van der Waals surface area contributed by atoms with Crippen LogP contribution in [-0.4, -0.2) is 21.0 Å². The molecule has 1 heterocycles. The minimum absolute atomic E-state index is 0.249. The Labute approximate surface area is 129 Å². The van der Waals surface area contributed by atoms with Crippen LogP contribution in [0.15, 0.2) is 32.7 Å². The Balaban J connectivity index is 2.33. The number of carboxylic acids is 1. The van der Waals surface area contributed by atoms with Gasteiger partial charge in [-0.15, -0.1) is 0 Å². The molecule has 0 radical (unpaired) electrons. The number of aromatic carboxylic acids is 1. The summed E-state index contributed by atoms with van der Waals surface area (Å²) in [6.45, 7) is 5.91. The van der Waals surface area contributed by atoms with E-state index >= 15 is 0 Å². The summed E-state index contributed by atoms with van der Waals surface area (Å²) in [7, 11) is 0. The first-order valence-corrected chi connectivity index (χ1v) is 7.52. The van der Waals surface area contributed by atoms with E-state index in [0.717, 1.165) is 26.3 Å². The molecule has 0 unspecified atom stereocenters. The van der Waals surface area contributed by atoms with Gasteiger partial charge in [-0.1, -0.05) is 0 Å². The highest BCUT2D eigenvalue weighted by Crippen LogP contribution is 2.32. The molecule has 0 fully saturated rings. The Bertz CT molecular complexity index is 666. The standard InChI is InChI=1S/C14H13BrN2O2S/c1-7-8(2)16-14(17-9(7)3)20-12-5-4-10(13(18)19)6-11(12)15/h4-6H,1-3H3,(H,18,19). The van der Waals surface area contributed by atoms with Crippen molar-refractivity contribution in [2.24, 2.45) is 0 Å². The second-order valence-electron chi connectivity index (χ2n) is 4.35. The molecular weight excluding hydrogens is 340 g/mol. The van der Waals surface area contributed by atoms with Crippen molar-refractivity contribution in [3.05, 3.63) is 45.2 Å². The zero-order valence-electron chi connectivity index (χ0n) is 11.3. The molecule has 104 valence electrons. The van der Waals surface area contributed by atoms with Crippen molar-refractivity contribution in [2.45, 2.75) is 30.8 Å². The lowest BCUT2D eigenvalue weighted by atomic mass is 10.2. The van der Waals surface area contributed by atoms with Gasteiger partial charge in [-0.3, -0.25) is 0 Å². The summed E-state index contributed by atoms with van der Waals surface area (Å²) < 4.78 is 0.724. The van der Waals surface area contributed by atoms with Crippen LogP contribution in [-0.2, 0) is 0 Å². The largest absolute Gasteiger partial charge is 0.478 e. The molecule has 1 N–H and O–H groups in total. The quantitative estimate of drug-likeness (QED) is 0.845. The summed E-state index contributed by atoms with van der Waals surface area (Å²) in [6, 6.07) is 4.91. The molecule has 20 heavy (non-hydrogen) atoms. The monoisotopic (exact) mass is 352 g/mol. The first kappa shape index (κ1) is 15.0. The van der Waals surface area contributed by atoms with Crippen LogP contribution in [0.3, 0.4) is 0 Å². The number of rotatable bonds is 3. The molecule has 6 heteroatoms. The van der Waals surface area contributed by atoms with Crippen molar-refractivity contribution in [2.75, 3.05) is 0 Å². The first-order valence-electron chi connectivity index (χ1n) is 5.91. The van der Waals surface area contributed by atoms with E-state index < -0.39 is 5.97 Å². The van der Waals surface area contributed by atoms with Crippen LogP contribution in [0.1, 0.15) is 27.3 Å². The van der Waals surface area contributed by atoms with Crippen molar-refractivity contribution in [1.82, 2.24) is 9.97 Å². The van der Waals surface area contributed by atoms with E-state index in [1.165, 1.54) is 11.8 Å². The molecule has 0 aliphatic carbocycles. The van der Waals surface area contributed by atoms with E-state index in [1.807, 2.05) is 20.8 Å². The van der Waals surface area contributed by atoms with E-state index in [2.05, 4.69) is 25.9 Å². The zero-order valence-corrected chi connectivity index (χ0v) is 13.7. The van der Waals surface area contributed by atoms with Crippen molar-refractivity contribution in [3.8, 4) is 0 Å². The number of carboxylic acid groups (broad SMARTS) is 1. The molecule has 1 aromatic carbocycles. The van der Waals surface area contributed by atoms with Crippen LogP contribution in [0, 0.1) is 20.8 Å². The van der Waals surface area contributed by atoms with Gasteiger partial charge in [-0.25, -0.2) is 14.8 Å². The fourth-order valence-corrected chi connectivity index (χ4v) is 3.08. The number of halogens is 1. The minimum Gasteiger partial charge on any atom is -0.478 e. The summed E-state index contributed by atoms with van der Waals surface area (Å²) in [5.74, 6) is -0.944. The van der Waals surface area contributed by atoms with Gasteiger partial charge in [0.05, 0.1) is 5.56 Å². The fourth-order valence-electron chi connectivity index (χ4n) is 1.60. The Morgan fingerprint density at radius 3 is 2.30 bits per heavy atom. The van der Waals surface area contributed by atoms with Gasteiger partial charge >= 0.3 is 5.97 Å². The molecule has 0 atom stereocenters. The van der Waals surface area contributed by atoms with Gasteiger partial charge in [0.2, 0.25) is 0 Å². The maximum absolute atomic E-state index is 10.9. The van der Waals surface area contributed by atoms with Crippen LogP contribution < -0.4 is 0 Å². The number of nitrogens with zero attached hydrogens (tertiary/aromatic N) is 2. The third kappa shape index (κ3) is 3.19. The van der Waals surface area contributed by atoms with Crippen LogP contribution in [0.5, 0.6) is 0 Å². The van der Waals surface area contributed by atoms with E-state index in [4.69, 9.17) is 5.11 Å². The summed E-state index contributed by atoms with van der Waals surface area (Å²) >= 11 is 4.79. The van der Waals surface area contributed by atoms with Crippen LogP contribution in [0.4, 0.5) is 0 Å². The topological polar surface area (TPSA) is 63.1 Å². The number of aryl methyl sites for hydroxylation is 2. The zero-order chi connectivity index (χ0) is 14.9. The van der Waals surface area contributed by atoms with Crippen LogP contribution in [0.25, 0.3) is 0 Å². The predicted molar refractivity (Wildman–Crippen MR) is 81.5 cm³/mol. The summed E-state index contributed by atoms with van der Waals surface area (Å²) in [5, 5.41) is 9.60. The van der Waals surface area contributed by atoms with Gasteiger partial charge in [-0.2, -0.15) is 0 Å². The Morgan fingerprint density at radius 2 is 1.80 bits per heavy atom. The molecule has 0 bridgehead atoms. The molecule has 0 aliphatic heterocycles. The van der Waals surface area contributed by atoms with Gasteiger partial charge in [0.1, 0.15) is 0 Å². The van der Waals surface area contributed by atoms with Gasteiger partial charge < -0.3 is 5.11 Å². The van der Waals surface area contributed by atoms with Crippen molar-refractivity contribution in [3.63, 3.8) is 0 Å². The molecule has 0 saturated heterocycles. The van der Waals surface area contributed by atoms with Crippen molar-refractivity contribution >= 4 is 33.7 Å². The van der Waals surface area contributed by atoms with Crippen LogP contribution >= 0.6 is 27.7 Å². The second-order valence-corrected chi connectivity index (χ2v) is 6.22. The average Bonchev–Trinajstić information content (AvgIpc) is 2.38. The highest BCUT2D eigenvalue weighted by Gasteiger charge is 2.11. The lowest BCUT2D eigenvalue weighted by Gasteiger charge is -2.08. The highest BCUT2D eigenvalue weighted by atomic mass is 79.9. The molecule has 0 saturated carbocycles. The molecule has 0 spiro atoms. The van der Waals surface area contributed by atoms with Gasteiger partial charge in [0.15, 0.2) is 5.16 Å². The molecule has 2 aromatic rings. The average molecular weight is 353 g/mol. The number of hydrogen-bond acceptors (Lipinski definition) is 4. The summed E-state index contributed by atoms with van der Waals surface area (Å²) in [5.41, 5.74) is 3.25. The number of benzene rings is 1. The van der Waals surface area contributed by atoms with E-state index in [9.17, 15) is 4.79 Å². The molecule has 1 aromatic heterocycles. The van der Waals surface area contributed by atoms with E-state index in [-0.39, 0.29) is 5.56 Å². The third-order valence-electron chi connectivity index (χ3n) is 2.99. The SMILES string of the molecule is Cc1nc(Sc2ccc(C(=O)O)cc2Br)nc(C)c1C. The molecule has 0 aliphatic rings. The number of carbonyl (C=O) groups is 1. The molecule has 2 rings (SSSR count). The Kier molecular flexibility index (Phi) is 4.45. The lowest BCUT2D eigenvalue weighted by Crippen LogP contribution is -1.98. The second kappa shape index (κ2) is 5.93. The Morgan fingerprint density at radius 1 is 1.20 bits per heavy atom. The van der Waals surface area contributed by atoms with E-state index in [1.54, 1.807) is 18.2 Å². The highest BCUT2D eigenvalue weighted by molar-refractivity contribution is 9.10. The lowest BCUT2D eigenvalue weighted by molar-refractivity contribution is 0.0696. The van der Waals surface area contributed by atoms with Crippen molar-refractivity contribution in [1.29, 1.82) is 0 Å². The number of aromatic nitrogens is 2. The van der Waals surface area contributed by atoms with E-state index in [0.29, 0.717) is 5.16 Å². The van der Waals surface area contributed by atoms with Gasteiger partial charge in [-0.05, 0) is 72.2 Å². The minimum atomic E-state index is -0.944. The van der Waals surface area contributed by atoms with Crippen LogP contribution in [0.2, 0.25) is 0 Å². The summed E-state index contributed by atoms with van der Waals surface area (Å²) in [6.07, 6.45) is 0. The molecular formula is C14H13BrN2O2S. The first-order chi connectivity index (χ1) is 9.38. The Hall–Kier alpha value is -1.40. The smallest absolute Gasteiger partial charge is 0.335 e. The maximum Gasteiger partial charge on any atom is 0.335 e. The van der Waals surface area contributed by atoms with Crippen molar-refractivity contribution < 1.29 is 9.90 Å². The molecule has 4 nitrogen and oxygen atoms in total. The maximum atomic E-state index is 10.9. The van der Waals surface area contributed by atoms with Gasteiger partial charge in [0.25, 0.3) is 0 Å². The predicted octanol–water partition coefficient (Wildman–Crippen LogP) is 4.01. The third-order valence-corrected chi connectivity index (χ3v) is 4.85. The van der Waals surface area contributed by atoms with Gasteiger partial charge in [0, 0.05) is 20.8 Å². The number of hydrogen-bond donors (Lipinski definition) is 1. The fraction of sp³-hybridized carbons (Fsp3) is 0.214. The molecule has 0 amide bonds. The summed E-state index contributed by atoms with van der Waals surface area (Å²) in [4.78, 5) is 20.7. The normalized spacial score (nSPS) is 10.6.